The van der Waals surface area contributed by atoms with Gasteiger partial charge in [0.05, 0.1) is 18.8 Å². The predicted molar refractivity (Wildman–Crippen MR) is 120 cm³/mol. The molecular formula is C25H31N3O5. The van der Waals surface area contributed by atoms with Crippen LogP contribution in [0, 0.1) is 19.8 Å². The SMILES string of the molecule is Cc1noc(C)c1C(=O)N1CCO[C@]2(C1)C(=O)N(CC1CCOCC1)C[C@H]2c1ccccc1. The number of benzene rings is 1. The maximum Gasteiger partial charge on any atom is 0.259 e. The highest BCUT2D eigenvalue weighted by Crippen LogP contribution is 2.43. The fourth-order valence-electron chi connectivity index (χ4n) is 5.53. The van der Waals surface area contributed by atoms with Crippen molar-refractivity contribution in [1.29, 1.82) is 0 Å². The molecule has 8 heteroatoms. The number of aromatic nitrogens is 1. The number of amides is 2. The first-order valence-electron chi connectivity index (χ1n) is 11.8. The molecule has 3 saturated heterocycles. The van der Waals surface area contributed by atoms with Crippen LogP contribution in [0.3, 0.4) is 0 Å². The molecule has 0 bridgehead atoms. The maximum absolute atomic E-state index is 13.9. The maximum atomic E-state index is 13.9. The van der Waals surface area contributed by atoms with Crippen molar-refractivity contribution in [3.63, 3.8) is 0 Å². The second kappa shape index (κ2) is 8.91. The molecule has 1 aromatic carbocycles. The summed E-state index contributed by atoms with van der Waals surface area (Å²) in [5.74, 6) is 0.608. The number of hydrogen-bond donors (Lipinski definition) is 0. The van der Waals surface area contributed by atoms with E-state index in [0.29, 0.717) is 49.2 Å². The lowest BCUT2D eigenvalue weighted by atomic mass is 9.83. The molecule has 2 atom stereocenters. The molecule has 1 aromatic heterocycles. The van der Waals surface area contributed by atoms with Crippen LogP contribution in [-0.2, 0) is 14.3 Å². The minimum Gasteiger partial charge on any atom is -0.381 e. The highest BCUT2D eigenvalue weighted by Gasteiger charge is 2.58. The average molecular weight is 454 g/mol. The van der Waals surface area contributed by atoms with E-state index in [0.717, 1.165) is 31.6 Å². The molecule has 0 saturated carbocycles. The van der Waals surface area contributed by atoms with E-state index in [-0.39, 0.29) is 24.3 Å². The Bertz CT molecular complexity index is 997. The van der Waals surface area contributed by atoms with Gasteiger partial charge in [-0.3, -0.25) is 9.59 Å². The van der Waals surface area contributed by atoms with E-state index >= 15 is 0 Å². The molecule has 1 spiro atoms. The second-order valence-corrected chi connectivity index (χ2v) is 9.39. The first-order chi connectivity index (χ1) is 16.0. The van der Waals surface area contributed by atoms with Crippen LogP contribution in [-0.4, -0.2) is 78.4 Å². The molecule has 0 aliphatic carbocycles. The zero-order valence-electron chi connectivity index (χ0n) is 19.3. The molecule has 33 heavy (non-hydrogen) atoms. The first kappa shape index (κ1) is 22.1. The zero-order chi connectivity index (χ0) is 23.0. The van der Waals surface area contributed by atoms with E-state index in [9.17, 15) is 9.59 Å². The smallest absolute Gasteiger partial charge is 0.259 e. The van der Waals surface area contributed by atoms with Gasteiger partial charge in [-0.05, 0) is 38.2 Å². The van der Waals surface area contributed by atoms with Crippen LogP contribution in [0.15, 0.2) is 34.9 Å². The average Bonchev–Trinajstić information content (AvgIpc) is 3.31. The lowest BCUT2D eigenvalue weighted by Gasteiger charge is -2.42. The third-order valence-corrected chi connectivity index (χ3v) is 7.32. The third-order valence-electron chi connectivity index (χ3n) is 7.32. The van der Waals surface area contributed by atoms with E-state index < -0.39 is 5.60 Å². The van der Waals surface area contributed by atoms with E-state index in [1.807, 2.05) is 23.1 Å². The second-order valence-electron chi connectivity index (χ2n) is 9.39. The zero-order valence-corrected chi connectivity index (χ0v) is 19.3. The minimum atomic E-state index is -1.08. The van der Waals surface area contributed by atoms with Crippen molar-refractivity contribution in [3.05, 3.63) is 52.9 Å². The van der Waals surface area contributed by atoms with E-state index in [4.69, 9.17) is 14.0 Å². The molecular weight excluding hydrogens is 422 g/mol. The fourth-order valence-corrected chi connectivity index (χ4v) is 5.53. The molecule has 3 fully saturated rings. The predicted octanol–water partition coefficient (Wildman–Crippen LogP) is 2.56. The van der Waals surface area contributed by atoms with Gasteiger partial charge in [0.15, 0.2) is 5.60 Å². The van der Waals surface area contributed by atoms with Crippen LogP contribution in [0.2, 0.25) is 0 Å². The van der Waals surface area contributed by atoms with E-state index in [1.54, 1.807) is 18.7 Å². The monoisotopic (exact) mass is 453 g/mol. The van der Waals surface area contributed by atoms with Gasteiger partial charge >= 0.3 is 0 Å². The number of hydrogen-bond acceptors (Lipinski definition) is 6. The Morgan fingerprint density at radius 2 is 1.91 bits per heavy atom. The third kappa shape index (κ3) is 3.95. The van der Waals surface area contributed by atoms with Gasteiger partial charge in [-0.15, -0.1) is 0 Å². The highest BCUT2D eigenvalue weighted by atomic mass is 16.5. The van der Waals surface area contributed by atoms with Crippen LogP contribution >= 0.6 is 0 Å². The first-order valence-corrected chi connectivity index (χ1v) is 11.8. The largest absolute Gasteiger partial charge is 0.381 e. The summed E-state index contributed by atoms with van der Waals surface area (Å²) in [6, 6.07) is 10.1. The van der Waals surface area contributed by atoms with Crippen LogP contribution < -0.4 is 0 Å². The Morgan fingerprint density at radius 3 is 2.61 bits per heavy atom. The topological polar surface area (TPSA) is 85.1 Å². The lowest BCUT2D eigenvalue weighted by Crippen LogP contribution is -2.59. The normalized spacial score (nSPS) is 26.4. The summed E-state index contributed by atoms with van der Waals surface area (Å²) in [7, 11) is 0. The quantitative estimate of drug-likeness (QED) is 0.707. The van der Waals surface area contributed by atoms with Crippen LogP contribution in [0.5, 0.6) is 0 Å². The standard InChI is InChI=1S/C25H31N3O5/c1-17-22(18(2)33-26-17)23(29)27-10-13-32-25(16-27)21(20-6-4-3-5-7-20)15-28(24(25)30)14-19-8-11-31-12-9-19/h3-7,19,21H,8-16H2,1-2H3/t21-,25-/m0/s1. The molecule has 8 nitrogen and oxygen atoms in total. The van der Waals surface area contributed by atoms with Crippen LogP contribution in [0.4, 0.5) is 0 Å². The van der Waals surface area contributed by atoms with E-state index in [2.05, 4.69) is 17.3 Å². The summed E-state index contributed by atoms with van der Waals surface area (Å²) in [6.45, 7) is 7.26. The molecule has 4 heterocycles. The number of ether oxygens (including phenoxy) is 2. The highest BCUT2D eigenvalue weighted by molar-refractivity contribution is 5.97. The van der Waals surface area contributed by atoms with Crippen molar-refractivity contribution in [2.24, 2.45) is 5.92 Å². The number of carbonyl (C=O) groups excluding carboxylic acids is 2. The Labute approximate surface area is 193 Å². The molecule has 0 radical (unpaired) electrons. The number of rotatable bonds is 4. The summed E-state index contributed by atoms with van der Waals surface area (Å²) in [4.78, 5) is 31.0. The molecule has 3 aliphatic rings. The van der Waals surface area contributed by atoms with Crippen molar-refractivity contribution in [1.82, 2.24) is 15.0 Å². The van der Waals surface area contributed by atoms with Crippen molar-refractivity contribution < 1.29 is 23.6 Å². The van der Waals surface area contributed by atoms with Crippen LogP contribution in [0.1, 0.15) is 46.1 Å². The summed E-state index contributed by atoms with van der Waals surface area (Å²) in [5.41, 5.74) is 1.02. The number of morpholine rings is 1. The molecule has 2 amide bonds. The Hall–Kier alpha value is -2.71. The van der Waals surface area contributed by atoms with Gasteiger partial charge in [-0.2, -0.15) is 0 Å². The van der Waals surface area contributed by atoms with Crippen molar-refractivity contribution in [2.75, 3.05) is 46.0 Å². The molecule has 2 aromatic rings. The fraction of sp³-hybridized carbons (Fsp3) is 0.560. The Morgan fingerprint density at radius 1 is 1.15 bits per heavy atom. The Balaban J connectivity index is 1.45. The Kier molecular flexibility index (Phi) is 5.97. The number of carbonyl (C=O) groups is 2. The molecule has 176 valence electrons. The summed E-state index contributed by atoms with van der Waals surface area (Å²) in [6.07, 6.45) is 1.93. The summed E-state index contributed by atoms with van der Waals surface area (Å²) >= 11 is 0. The molecule has 3 aliphatic heterocycles. The van der Waals surface area contributed by atoms with Gasteiger partial charge in [0.2, 0.25) is 0 Å². The van der Waals surface area contributed by atoms with Gasteiger partial charge in [0.1, 0.15) is 11.3 Å². The van der Waals surface area contributed by atoms with Crippen molar-refractivity contribution in [2.45, 2.75) is 38.2 Å². The summed E-state index contributed by atoms with van der Waals surface area (Å²) < 4.78 is 17.1. The van der Waals surface area contributed by atoms with Crippen LogP contribution in [0.25, 0.3) is 0 Å². The lowest BCUT2D eigenvalue weighted by molar-refractivity contribution is -0.160. The van der Waals surface area contributed by atoms with Crippen molar-refractivity contribution >= 4 is 11.8 Å². The summed E-state index contributed by atoms with van der Waals surface area (Å²) in [5, 5.41) is 3.94. The van der Waals surface area contributed by atoms with Gasteiger partial charge in [-0.25, -0.2) is 0 Å². The van der Waals surface area contributed by atoms with Gasteiger partial charge in [0, 0.05) is 38.8 Å². The molecule has 5 rings (SSSR count). The van der Waals surface area contributed by atoms with Crippen molar-refractivity contribution in [3.8, 4) is 0 Å². The van der Waals surface area contributed by atoms with Gasteiger partial charge in [0.25, 0.3) is 11.8 Å². The molecule has 0 N–H and O–H groups in total. The number of aryl methyl sites for hydroxylation is 2. The van der Waals surface area contributed by atoms with Gasteiger partial charge < -0.3 is 23.8 Å². The number of likely N-dealkylation sites (tertiary alicyclic amines) is 1. The molecule has 0 unspecified atom stereocenters. The van der Waals surface area contributed by atoms with E-state index in [1.165, 1.54) is 0 Å². The van der Waals surface area contributed by atoms with Gasteiger partial charge in [-0.1, -0.05) is 35.5 Å². The number of nitrogens with zero attached hydrogens (tertiary/aromatic N) is 3. The minimum absolute atomic E-state index is 0.0147.